The minimum absolute atomic E-state index is 0.0158. The third kappa shape index (κ3) is 5.23. The molecule has 4 heteroatoms. The van der Waals surface area contributed by atoms with Crippen molar-refractivity contribution in [3.05, 3.63) is 41.5 Å². The Morgan fingerprint density at radius 2 is 2.05 bits per heavy atom. The topological polar surface area (TPSA) is 58.6 Å². The second-order valence-electron chi connectivity index (χ2n) is 5.21. The zero-order chi connectivity index (χ0) is 14.9. The van der Waals surface area contributed by atoms with Crippen molar-refractivity contribution >= 4 is 5.91 Å². The molecule has 0 bridgehead atoms. The number of carbonyl (C=O) groups excluding carboxylic acids is 1. The zero-order valence-corrected chi connectivity index (χ0v) is 12.3. The van der Waals surface area contributed by atoms with Gasteiger partial charge in [0.15, 0.2) is 0 Å². The number of hydrogen-bond donors (Lipinski definition) is 2. The molecular weight excluding hydrogens is 266 g/mol. The Kier molecular flexibility index (Phi) is 6.28. The van der Waals surface area contributed by atoms with Crippen molar-refractivity contribution in [1.29, 1.82) is 0 Å². The van der Waals surface area contributed by atoms with Crippen LogP contribution >= 0.6 is 0 Å². The summed E-state index contributed by atoms with van der Waals surface area (Å²) in [6.45, 7) is 0.937. The molecule has 0 radical (unpaired) electrons. The summed E-state index contributed by atoms with van der Waals surface area (Å²) >= 11 is 0. The van der Waals surface area contributed by atoms with Crippen LogP contribution in [0, 0.1) is 0 Å². The van der Waals surface area contributed by atoms with Crippen LogP contribution in [0.25, 0.3) is 0 Å². The van der Waals surface area contributed by atoms with Crippen molar-refractivity contribution in [3.8, 4) is 5.75 Å². The Morgan fingerprint density at radius 1 is 1.24 bits per heavy atom. The van der Waals surface area contributed by atoms with Crippen molar-refractivity contribution in [3.63, 3.8) is 0 Å². The highest BCUT2D eigenvalue weighted by Crippen LogP contribution is 2.19. The molecule has 0 heterocycles. The molecule has 21 heavy (non-hydrogen) atoms. The van der Waals surface area contributed by atoms with E-state index in [-0.39, 0.29) is 19.1 Å². The van der Waals surface area contributed by atoms with Crippen molar-refractivity contribution in [2.75, 3.05) is 19.8 Å². The zero-order valence-electron chi connectivity index (χ0n) is 12.3. The Bertz CT molecular complexity index is 479. The molecule has 1 aromatic rings. The minimum Gasteiger partial charge on any atom is -0.491 e. The van der Waals surface area contributed by atoms with E-state index in [1.165, 1.54) is 31.3 Å². The van der Waals surface area contributed by atoms with Gasteiger partial charge in [0.25, 0.3) is 5.91 Å². The molecule has 1 aliphatic rings. The average molecular weight is 289 g/mol. The summed E-state index contributed by atoms with van der Waals surface area (Å²) in [5.74, 6) is 0.605. The maximum atomic E-state index is 12.0. The highest BCUT2D eigenvalue weighted by atomic mass is 16.5. The van der Waals surface area contributed by atoms with Gasteiger partial charge in [0.1, 0.15) is 12.4 Å². The second kappa shape index (κ2) is 8.47. The molecule has 1 aliphatic carbocycles. The lowest BCUT2D eigenvalue weighted by molar-refractivity contribution is 0.0954. The molecule has 1 amide bonds. The molecule has 0 saturated heterocycles. The van der Waals surface area contributed by atoms with Crippen molar-refractivity contribution in [1.82, 2.24) is 5.32 Å². The van der Waals surface area contributed by atoms with E-state index in [4.69, 9.17) is 9.84 Å². The largest absolute Gasteiger partial charge is 0.491 e. The molecule has 114 valence electrons. The molecule has 0 spiro atoms. The van der Waals surface area contributed by atoms with Gasteiger partial charge in [0.05, 0.1) is 6.61 Å². The lowest BCUT2D eigenvalue weighted by Crippen LogP contribution is -2.24. The first-order chi connectivity index (χ1) is 10.3. The number of hydrogen-bond acceptors (Lipinski definition) is 3. The Morgan fingerprint density at radius 3 is 2.71 bits per heavy atom. The predicted octanol–water partition coefficient (Wildman–Crippen LogP) is 2.68. The van der Waals surface area contributed by atoms with E-state index < -0.39 is 0 Å². The number of allylic oxidation sites excluding steroid dienone is 1. The fourth-order valence-electron chi connectivity index (χ4n) is 2.44. The van der Waals surface area contributed by atoms with Crippen LogP contribution in [0.3, 0.4) is 0 Å². The van der Waals surface area contributed by atoms with E-state index in [0.717, 1.165) is 6.42 Å². The molecule has 0 fully saturated rings. The summed E-state index contributed by atoms with van der Waals surface area (Å²) in [6, 6.07) is 6.96. The summed E-state index contributed by atoms with van der Waals surface area (Å²) in [7, 11) is 0. The second-order valence-corrected chi connectivity index (χ2v) is 5.21. The van der Waals surface area contributed by atoms with Gasteiger partial charge in [-0.05, 0) is 56.4 Å². The smallest absolute Gasteiger partial charge is 0.251 e. The van der Waals surface area contributed by atoms with E-state index in [1.807, 2.05) is 0 Å². The van der Waals surface area contributed by atoms with Gasteiger partial charge in [0, 0.05) is 12.1 Å². The molecule has 2 rings (SSSR count). The number of carbonyl (C=O) groups is 1. The monoisotopic (exact) mass is 289 g/mol. The summed E-state index contributed by atoms with van der Waals surface area (Å²) in [5, 5.41) is 11.6. The fourth-order valence-corrected chi connectivity index (χ4v) is 2.44. The molecule has 4 nitrogen and oxygen atoms in total. The standard InChI is InChI=1S/C17H23NO3/c19-12-13-21-16-8-6-15(7-9-16)17(20)18-11-10-14-4-2-1-3-5-14/h4,6-9,19H,1-3,5,10-13H2,(H,18,20). The minimum atomic E-state index is -0.0554. The summed E-state index contributed by atoms with van der Waals surface area (Å²) in [6.07, 6.45) is 8.17. The first-order valence-electron chi connectivity index (χ1n) is 7.59. The van der Waals surface area contributed by atoms with Crippen LogP contribution in [0.1, 0.15) is 42.5 Å². The van der Waals surface area contributed by atoms with E-state index in [2.05, 4.69) is 11.4 Å². The van der Waals surface area contributed by atoms with Crippen LogP contribution in [0.15, 0.2) is 35.9 Å². The Hall–Kier alpha value is -1.81. The predicted molar refractivity (Wildman–Crippen MR) is 82.5 cm³/mol. The first kappa shape index (κ1) is 15.6. The van der Waals surface area contributed by atoms with Gasteiger partial charge >= 0.3 is 0 Å². The Labute approximate surface area is 125 Å². The van der Waals surface area contributed by atoms with E-state index >= 15 is 0 Å². The maximum absolute atomic E-state index is 12.0. The quantitative estimate of drug-likeness (QED) is 0.759. The van der Waals surface area contributed by atoms with Gasteiger partial charge in [-0.25, -0.2) is 0 Å². The van der Waals surface area contributed by atoms with Crippen LogP contribution < -0.4 is 10.1 Å². The van der Waals surface area contributed by atoms with Gasteiger partial charge in [-0.15, -0.1) is 0 Å². The molecule has 0 aliphatic heterocycles. The number of aliphatic hydroxyl groups is 1. The van der Waals surface area contributed by atoms with Gasteiger partial charge in [-0.2, -0.15) is 0 Å². The van der Waals surface area contributed by atoms with Crippen LogP contribution in [0.4, 0.5) is 0 Å². The molecule has 1 aromatic carbocycles. The number of amides is 1. The van der Waals surface area contributed by atoms with Crippen molar-refractivity contribution < 1.29 is 14.6 Å². The average Bonchev–Trinajstić information content (AvgIpc) is 2.54. The lowest BCUT2D eigenvalue weighted by atomic mass is 9.97. The Balaban J connectivity index is 1.76. The number of aliphatic hydroxyl groups excluding tert-OH is 1. The van der Waals surface area contributed by atoms with Gasteiger partial charge in [-0.1, -0.05) is 11.6 Å². The number of rotatable bonds is 7. The summed E-state index contributed by atoms with van der Waals surface area (Å²) in [5.41, 5.74) is 2.10. The summed E-state index contributed by atoms with van der Waals surface area (Å²) in [4.78, 5) is 12.0. The van der Waals surface area contributed by atoms with Gasteiger partial charge < -0.3 is 15.2 Å². The lowest BCUT2D eigenvalue weighted by Gasteiger charge is -2.13. The van der Waals surface area contributed by atoms with Gasteiger partial charge in [0.2, 0.25) is 0 Å². The van der Waals surface area contributed by atoms with Crippen LogP contribution in [0.2, 0.25) is 0 Å². The molecule has 0 unspecified atom stereocenters. The van der Waals surface area contributed by atoms with Crippen LogP contribution in [-0.2, 0) is 0 Å². The first-order valence-corrected chi connectivity index (χ1v) is 7.59. The molecule has 2 N–H and O–H groups in total. The highest BCUT2D eigenvalue weighted by molar-refractivity contribution is 5.94. The van der Waals surface area contributed by atoms with Crippen LogP contribution in [-0.4, -0.2) is 30.8 Å². The maximum Gasteiger partial charge on any atom is 0.251 e. The molecule has 0 saturated carbocycles. The molecular formula is C17H23NO3. The summed E-state index contributed by atoms with van der Waals surface area (Å²) < 4.78 is 5.26. The van der Waals surface area contributed by atoms with Crippen LogP contribution in [0.5, 0.6) is 5.75 Å². The van der Waals surface area contributed by atoms with Crippen molar-refractivity contribution in [2.24, 2.45) is 0 Å². The van der Waals surface area contributed by atoms with Gasteiger partial charge in [-0.3, -0.25) is 4.79 Å². The molecule has 0 atom stereocenters. The molecule has 0 aromatic heterocycles. The number of nitrogens with one attached hydrogen (secondary N) is 1. The van der Waals surface area contributed by atoms with Crippen molar-refractivity contribution in [2.45, 2.75) is 32.1 Å². The number of benzene rings is 1. The van der Waals surface area contributed by atoms with E-state index in [1.54, 1.807) is 24.3 Å². The van der Waals surface area contributed by atoms with E-state index in [0.29, 0.717) is 17.9 Å². The van der Waals surface area contributed by atoms with E-state index in [9.17, 15) is 4.79 Å². The SMILES string of the molecule is O=C(NCCC1=CCCCC1)c1ccc(OCCO)cc1. The third-order valence-electron chi connectivity index (χ3n) is 3.59. The normalized spacial score (nSPS) is 14.4. The highest BCUT2D eigenvalue weighted by Gasteiger charge is 2.07. The number of ether oxygens (including phenoxy) is 1. The third-order valence-corrected chi connectivity index (χ3v) is 3.59. The fraction of sp³-hybridized carbons (Fsp3) is 0.471.